The molecule has 0 aliphatic rings. The van der Waals surface area contributed by atoms with Crippen LogP contribution >= 0.6 is 0 Å². The number of ether oxygens (including phenoxy) is 1. The Labute approximate surface area is 163 Å². The number of amides is 2. The Balaban J connectivity index is 1.70. The molecular formula is C19H25N7O2. The van der Waals surface area contributed by atoms with E-state index in [1.807, 2.05) is 24.6 Å². The summed E-state index contributed by atoms with van der Waals surface area (Å²) < 4.78 is 9.08. The Morgan fingerprint density at radius 2 is 1.96 bits per heavy atom. The predicted molar refractivity (Wildman–Crippen MR) is 106 cm³/mol. The average Bonchev–Trinajstić information content (AvgIpc) is 3.30. The summed E-state index contributed by atoms with van der Waals surface area (Å²) in [6.45, 7) is 7.37. The number of hydrogen-bond donors (Lipinski definition) is 2. The number of methoxy groups -OCH3 is 1. The first kappa shape index (κ1) is 19.4. The largest absolute Gasteiger partial charge is 0.495 e. The Hall–Kier alpha value is -3.36. The van der Waals surface area contributed by atoms with Crippen LogP contribution in [0.15, 0.2) is 30.9 Å². The second kappa shape index (κ2) is 8.55. The lowest BCUT2D eigenvalue weighted by molar-refractivity contribution is 0.251. The molecule has 9 nitrogen and oxygen atoms in total. The van der Waals surface area contributed by atoms with Crippen molar-refractivity contribution in [1.29, 1.82) is 0 Å². The van der Waals surface area contributed by atoms with Crippen molar-refractivity contribution in [1.82, 2.24) is 29.9 Å². The van der Waals surface area contributed by atoms with Gasteiger partial charge in [0, 0.05) is 24.3 Å². The van der Waals surface area contributed by atoms with Gasteiger partial charge in [-0.1, -0.05) is 6.92 Å². The zero-order valence-corrected chi connectivity index (χ0v) is 16.6. The SMILES string of the molecule is CCCn1nc(C)c(CNC(=O)Nc2cc(-n3cnnc3)ccc2OC)c1C. The minimum absolute atomic E-state index is 0.318. The first-order valence-corrected chi connectivity index (χ1v) is 9.14. The molecule has 2 N–H and O–H groups in total. The van der Waals surface area contributed by atoms with Crippen molar-refractivity contribution in [2.24, 2.45) is 0 Å². The standard InChI is InChI=1S/C19H25N7O2/c1-5-8-26-14(3)16(13(2)24-26)10-20-19(27)23-17-9-15(6-7-18(17)28-4)25-11-21-22-12-25/h6-7,9,11-12H,5,8,10H2,1-4H3,(H2,20,23,27). The molecule has 2 amide bonds. The van der Waals surface area contributed by atoms with Gasteiger partial charge in [-0.25, -0.2) is 4.79 Å². The first-order valence-electron chi connectivity index (χ1n) is 9.14. The number of nitrogens with one attached hydrogen (secondary N) is 2. The highest BCUT2D eigenvalue weighted by Gasteiger charge is 2.13. The molecular weight excluding hydrogens is 358 g/mol. The maximum Gasteiger partial charge on any atom is 0.319 e. The summed E-state index contributed by atoms with van der Waals surface area (Å²) >= 11 is 0. The van der Waals surface area contributed by atoms with Crippen LogP contribution in [0.4, 0.5) is 10.5 Å². The number of carbonyl (C=O) groups is 1. The summed E-state index contributed by atoms with van der Waals surface area (Å²) in [6.07, 6.45) is 4.19. The highest BCUT2D eigenvalue weighted by Crippen LogP contribution is 2.27. The van der Waals surface area contributed by atoms with Gasteiger partial charge in [0.2, 0.25) is 0 Å². The molecule has 2 aromatic heterocycles. The summed E-state index contributed by atoms with van der Waals surface area (Å²) in [5.74, 6) is 0.565. The number of benzene rings is 1. The fraction of sp³-hybridized carbons (Fsp3) is 0.368. The molecule has 0 saturated heterocycles. The lowest BCUT2D eigenvalue weighted by Gasteiger charge is -2.13. The first-order chi connectivity index (χ1) is 13.5. The number of aromatic nitrogens is 5. The molecule has 1 aromatic carbocycles. The number of urea groups is 1. The molecule has 0 saturated carbocycles. The summed E-state index contributed by atoms with van der Waals surface area (Å²) in [5.41, 5.74) is 4.41. The van der Waals surface area contributed by atoms with E-state index < -0.39 is 0 Å². The Morgan fingerprint density at radius 3 is 2.64 bits per heavy atom. The van der Waals surface area contributed by atoms with Gasteiger partial charge in [0.05, 0.1) is 24.2 Å². The monoisotopic (exact) mass is 383 g/mol. The molecule has 0 aliphatic heterocycles. The average molecular weight is 383 g/mol. The van der Waals surface area contributed by atoms with E-state index in [1.54, 1.807) is 36.5 Å². The zero-order chi connectivity index (χ0) is 20.1. The zero-order valence-electron chi connectivity index (χ0n) is 16.6. The van der Waals surface area contributed by atoms with E-state index in [0.29, 0.717) is 18.0 Å². The summed E-state index contributed by atoms with van der Waals surface area (Å²) in [5, 5.41) is 17.9. The van der Waals surface area contributed by atoms with Crippen LogP contribution in [0.5, 0.6) is 5.75 Å². The third-order valence-electron chi connectivity index (χ3n) is 4.54. The predicted octanol–water partition coefficient (Wildman–Crippen LogP) is 2.82. The van der Waals surface area contributed by atoms with Gasteiger partial charge in [-0.3, -0.25) is 9.25 Å². The van der Waals surface area contributed by atoms with Crippen molar-refractivity contribution in [3.8, 4) is 11.4 Å². The number of nitrogens with zero attached hydrogens (tertiary/aromatic N) is 5. The number of hydrogen-bond acceptors (Lipinski definition) is 5. The van der Waals surface area contributed by atoms with Gasteiger partial charge in [-0.2, -0.15) is 5.10 Å². The fourth-order valence-corrected chi connectivity index (χ4v) is 3.04. The van der Waals surface area contributed by atoms with Gasteiger partial charge in [0.1, 0.15) is 18.4 Å². The number of rotatable bonds is 7. The highest BCUT2D eigenvalue weighted by molar-refractivity contribution is 5.91. The number of carbonyl (C=O) groups excluding carboxylic acids is 1. The maximum absolute atomic E-state index is 12.5. The van der Waals surface area contributed by atoms with Crippen LogP contribution in [-0.4, -0.2) is 37.7 Å². The molecule has 28 heavy (non-hydrogen) atoms. The van der Waals surface area contributed by atoms with Gasteiger partial charge in [0.25, 0.3) is 0 Å². The van der Waals surface area contributed by atoms with Gasteiger partial charge < -0.3 is 15.4 Å². The van der Waals surface area contributed by atoms with E-state index in [9.17, 15) is 4.79 Å². The lowest BCUT2D eigenvalue weighted by atomic mass is 10.2. The fourth-order valence-electron chi connectivity index (χ4n) is 3.04. The molecule has 0 fully saturated rings. The van der Waals surface area contributed by atoms with E-state index >= 15 is 0 Å². The van der Waals surface area contributed by atoms with Crippen molar-refractivity contribution in [3.63, 3.8) is 0 Å². The van der Waals surface area contributed by atoms with Crippen molar-refractivity contribution in [3.05, 3.63) is 47.8 Å². The number of anilines is 1. The minimum Gasteiger partial charge on any atom is -0.495 e. The second-order valence-corrected chi connectivity index (χ2v) is 6.43. The van der Waals surface area contributed by atoms with Crippen LogP contribution < -0.4 is 15.4 Å². The van der Waals surface area contributed by atoms with Gasteiger partial charge in [0.15, 0.2) is 0 Å². The van der Waals surface area contributed by atoms with E-state index in [0.717, 1.165) is 35.6 Å². The molecule has 0 radical (unpaired) electrons. The van der Waals surface area contributed by atoms with Crippen molar-refractivity contribution < 1.29 is 9.53 Å². The molecule has 3 rings (SSSR count). The van der Waals surface area contributed by atoms with Crippen LogP contribution in [0.3, 0.4) is 0 Å². The molecule has 2 heterocycles. The molecule has 0 unspecified atom stereocenters. The maximum atomic E-state index is 12.5. The van der Waals surface area contributed by atoms with Gasteiger partial charge in [-0.15, -0.1) is 10.2 Å². The minimum atomic E-state index is -0.318. The van der Waals surface area contributed by atoms with Crippen LogP contribution in [-0.2, 0) is 13.1 Å². The van der Waals surface area contributed by atoms with Crippen molar-refractivity contribution in [2.75, 3.05) is 12.4 Å². The lowest BCUT2D eigenvalue weighted by Crippen LogP contribution is -2.28. The van der Waals surface area contributed by atoms with Crippen molar-refractivity contribution in [2.45, 2.75) is 40.3 Å². The van der Waals surface area contributed by atoms with E-state index in [1.165, 1.54) is 0 Å². The third kappa shape index (κ3) is 4.13. The molecule has 0 aliphatic carbocycles. The molecule has 9 heteroatoms. The van der Waals surface area contributed by atoms with E-state index in [-0.39, 0.29) is 6.03 Å². The highest BCUT2D eigenvalue weighted by atomic mass is 16.5. The molecule has 0 atom stereocenters. The third-order valence-corrected chi connectivity index (χ3v) is 4.54. The second-order valence-electron chi connectivity index (χ2n) is 6.43. The van der Waals surface area contributed by atoms with E-state index in [2.05, 4.69) is 32.9 Å². The molecule has 0 spiro atoms. The molecule has 148 valence electrons. The smallest absolute Gasteiger partial charge is 0.319 e. The van der Waals surface area contributed by atoms with Crippen LogP contribution in [0.25, 0.3) is 5.69 Å². The summed E-state index contributed by atoms with van der Waals surface area (Å²) in [6, 6.07) is 5.13. The van der Waals surface area contributed by atoms with Gasteiger partial charge >= 0.3 is 6.03 Å². The normalized spacial score (nSPS) is 10.7. The van der Waals surface area contributed by atoms with Gasteiger partial charge in [-0.05, 0) is 38.5 Å². The van der Waals surface area contributed by atoms with Crippen molar-refractivity contribution >= 4 is 11.7 Å². The summed E-state index contributed by atoms with van der Waals surface area (Å²) in [7, 11) is 1.56. The van der Waals surface area contributed by atoms with Crippen LogP contribution in [0.1, 0.15) is 30.3 Å². The number of aryl methyl sites for hydroxylation is 2. The molecule has 0 bridgehead atoms. The Morgan fingerprint density at radius 1 is 1.21 bits per heavy atom. The Bertz CT molecular complexity index is 948. The molecule has 3 aromatic rings. The summed E-state index contributed by atoms with van der Waals surface area (Å²) in [4.78, 5) is 12.5. The Kier molecular flexibility index (Phi) is 5.93. The van der Waals surface area contributed by atoms with Crippen LogP contribution in [0, 0.1) is 13.8 Å². The topological polar surface area (TPSA) is 98.9 Å². The van der Waals surface area contributed by atoms with E-state index in [4.69, 9.17) is 4.74 Å². The van der Waals surface area contributed by atoms with Crippen LogP contribution in [0.2, 0.25) is 0 Å². The quantitative estimate of drug-likeness (QED) is 0.654.